The fourth-order valence-corrected chi connectivity index (χ4v) is 1.53. The zero-order valence-electron chi connectivity index (χ0n) is 10.0. The number of carboxylic acids is 1. The van der Waals surface area contributed by atoms with Gasteiger partial charge in [0.2, 0.25) is 5.91 Å². The van der Waals surface area contributed by atoms with Gasteiger partial charge in [-0.3, -0.25) is 9.59 Å². The molecule has 1 amide bonds. The number of carbonyl (C=O) groups excluding carboxylic acids is 1. The second-order valence-corrected chi connectivity index (χ2v) is 3.84. The lowest BCUT2D eigenvalue weighted by molar-refractivity contribution is -0.147. The smallest absolute Gasteiger partial charge is 0.316 e. The summed E-state index contributed by atoms with van der Waals surface area (Å²) in [4.78, 5) is 26.2. The summed E-state index contributed by atoms with van der Waals surface area (Å²) in [5.74, 6) is -2.46. The summed E-state index contributed by atoms with van der Waals surface area (Å²) in [5, 5.41) is 11.4. The second-order valence-electron chi connectivity index (χ2n) is 3.84. The first-order valence-corrected chi connectivity index (χ1v) is 5.52. The van der Waals surface area contributed by atoms with E-state index in [2.05, 4.69) is 10.3 Å². The van der Waals surface area contributed by atoms with Crippen molar-refractivity contribution in [2.24, 2.45) is 13.0 Å². The number of rotatable bonds is 6. The van der Waals surface area contributed by atoms with Gasteiger partial charge < -0.3 is 15.0 Å². The molecular formula is C11H17N3O3. The molecule has 0 saturated carbocycles. The van der Waals surface area contributed by atoms with Crippen molar-refractivity contribution in [2.75, 3.05) is 6.54 Å². The Labute approximate surface area is 99.7 Å². The Bertz CT molecular complexity index is 400. The molecule has 2 N–H and O–H groups in total. The number of aryl methyl sites for hydroxylation is 1. The lowest BCUT2D eigenvalue weighted by Gasteiger charge is -2.10. The summed E-state index contributed by atoms with van der Waals surface area (Å²) in [6.07, 6.45) is 4.34. The van der Waals surface area contributed by atoms with Crippen LogP contribution < -0.4 is 5.32 Å². The molecule has 0 aliphatic rings. The molecule has 0 bridgehead atoms. The molecule has 1 unspecified atom stereocenters. The van der Waals surface area contributed by atoms with E-state index in [1.54, 1.807) is 19.4 Å². The van der Waals surface area contributed by atoms with E-state index in [0.29, 0.717) is 19.4 Å². The standard InChI is InChI=1S/C11H17N3O3/c1-3-9(11(16)17)10(15)13-5-4-8-6-12-7-14(8)2/h6-7,9H,3-5H2,1-2H3,(H,13,15)(H,16,17). The number of hydrogen-bond acceptors (Lipinski definition) is 3. The van der Waals surface area contributed by atoms with Crippen LogP contribution in [0.1, 0.15) is 19.0 Å². The van der Waals surface area contributed by atoms with Gasteiger partial charge in [0.05, 0.1) is 6.33 Å². The van der Waals surface area contributed by atoms with Crippen molar-refractivity contribution in [2.45, 2.75) is 19.8 Å². The normalized spacial score (nSPS) is 12.1. The maximum absolute atomic E-state index is 11.5. The largest absolute Gasteiger partial charge is 0.481 e. The predicted octanol–water partition coefficient (Wildman–Crippen LogP) is 0.190. The van der Waals surface area contributed by atoms with Crippen LogP contribution in [0.5, 0.6) is 0 Å². The van der Waals surface area contributed by atoms with Crippen LogP contribution in [0.4, 0.5) is 0 Å². The van der Waals surface area contributed by atoms with Crippen molar-refractivity contribution in [1.82, 2.24) is 14.9 Å². The molecule has 6 nitrogen and oxygen atoms in total. The van der Waals surface area contributed by atoms with Crippen LogP contribution in [-0.4, -0.2) is 33.1 Å². The second kappa shape index (κ2) is 6.03. The molecule has 0 saturated heterocycles. The SMILES string of the molecule is CCC(C(=O)O)C(=O)NCCc1cncn1C. The molecule has 0 aromatic carbocycles. The van der Waals surface area contributed by atoms with Gasteiger partial charge in [0.1, 0.15) is 5.92 Å². The van der Waals surface area contributed by atoms with Crippen LogP contribution in [0, 0.1) is 5.92 Å². The number of aliphatic carboxylic acids is 1. The fraction of sp³-hybridized carbons (Fsp3) is 0.545. The van der Waals surface area contributed by atoms with Crippen LogP contribution in [0.15, 0.2) is 12.5 Å². The first-order valence-electron chi connectivity index (χ1n) is 5.52. The van der Waals surface area contributed by atoms with Crippen LogP contribution in [0.2, 0.25) is 0 Å². The third kappa shape index (κ3) is 3.58. The number of amides is 1. The molecule has 1 heterocycles. The quantitative estimate of drug-likeness (QED) is 0.694. The summed E-state index contributed by atoms with van der Waals surface area (Å²) in [6, 6.07) is 0. The molecule has 1 rings (SSSR count). The molecule has 17 heavy (non-hydrogen) atoms. The molecule has 1 aromatic rings. The van der Waals surface area contributed by atoms with Crippen LogP contribution in [0.3, 0.4) is 0 Å². The van der Waals surface area contributed by atoms with Gasteiger partial charge in [-0.15, -0.1) is 0 Å². The molecule has 0 radical (unpaired) electrons. The number of nitrogens with one attached hydrogen (secondary N) is 1. The first-order chi connectivity index (χ1) is 8.06. The Morgan fingerprint density at radius 1 is 1.59 bits per heavy atom. The highest BCUT2D eigenvalue weighted by atomic mass is 16.4. The third-order valence-electron chi connectivity index (χ3n) is 2.62. The highest BCUT2D eigenvalue weighted by Gasteiger charge is 2.23. The number of nitrogens with zero attached hydrogens (tertiary/aromatic N) is 2. The molecule has 0 aliphatic heterocycles. The van der Waals surface area contributed by atoms with Crippen molar-refractivity contribution in [1.29, 1.82) is 0 Å². The molecule has 0 fully saturated rings. The van der Waals surface area contributed by atoms with Crippen molar-refractivity contribution < 1.29 is 14.7 Å². The minimum Gasteiger partial charge on any atom is -0.481 e. The minimum atomic E-state index is -1.08. The summed E-state index contributed by atoms with van der Waals surface area (Å²) < 4.78 is 1.86. The lowest BCUT2D eigenvalue weighted by atomic mass is 10.1. The van der Waals surface area contributed by atoms with Crippen molar-refractivity contribution in [3.8, 4) is 0 Å². The number of carbonyl (C=O) groups is 2. The van der Waals surface area contributed by atoms with Gasteiger partial charge in [-0.2, -0.15) is 0 Å². The van der Waals surface area contributed by atoms with Gasteiger partial charge in [0.15, 0.2) is 0 Å². The van der Waals surface area contributed by atoms with E-state index in [0.717, 1.165) is 5.69 Å². The molecular weight excluding hydrogens is 222 g/mol. The van der Waals surface area contributed by atoms with E-state index in [-0.39, 0.29) is 0 Å². The Morgan fingerprint density at radius 2 is 2.29 bits per heavy atom. The molecule has 6 heteroatoms. The average molecular weight is 239 g/mol. The van der Waals surface area contributed by atoms with Gasteiger partial charge in [-0.05, 0) is 6.42 Å². The maximum atomic E-state index is 11.5. The number of hydrogen-bond donors (Lipinski definition) is 2. The Balaban J connectivity index is 2.38. The highest BCUT2D eigenvalue weighted by Crippen LogP contribution is 2.03. The van der Waals surface area contributed by atoms with E-state index < -0.39 is 17.8 Å². The lowest BCUT2D eigenvalue weighted by Crippen LogP contribution is -2.36. The Hall–Kier alpha value is -1.85. The van der Waals surface area contributed by atoms with Crippen LogP contribution in [-0.2, 0) is 23.1 Å². The molecule has 0 spiro atoms. The van der Waals surface area contributed by atoms with Crippen LogP contribution >= 0.6 is 0 Å². The zero-order valence-corrected chi connectivity index (χ0v) is 10.0. The van der Waals surface area contributed by atoms with Gasteiger partial charge >= 0.3 is 5.97 Å². The summed E-state index contributed by atoms with van der Waals surface area (Å²) >= 11 is 0. The van der Waals surface area contributed by atoms with Gasteiger partial charge in [-0.1, -0.05) is 6.92 Å². The van der Waals surface area contributed by atoms with E-state index in [4.69, 9.17) is 5.11 Å². The monoisotopic (exact) mass is 239 g/mol. The topological polar surface area (TPSA) is 84.2 Å². The van der Waals surface area contributed by atoms with Gasteiger partial charge in [0.25, 0.3) is 0 Å². The van der Waals surface area contributed by atoms with Gasteiger partial charge in [-0.25, -0.2) is 4.98 Å². The highest BCUT2D eigenvalue weighted by molar-refractivity contribution is 5.96. The first kappa shape index (κ1) is 13.2. The Morgan fingerprint density at radius 3 is 2.76 bits per heavy atom. The van der Waals surface area contributed by atoms with E-state index in [1.165, 1.54) is 0 Å². The molecule has 0 aliphatic carbocycles. The van der Waals surface area contributed by atoms with Crippen LogP contribution in [0.25, 0.3) is 0 Å². The molecule has 94 valence electrons. The number of imidazole rings is 1. The average Bonchev–Trinajstić information content (AvgIpc) is 2.65. The van der Waals surface area contributed by atoms with E-state index in [9.17, 15) is 9.59 Å². The third-order valence-corrected chi connectivity index (χ3v) is 2.62. The molecule has 1 atom stereocenters. The number of aromatic nitrogens is 2. The van der Waals surface area contributed by atoms with Crippen molar-refractivity contribution in [3.05, 3.63) is 18.2 Å². The zero-order chi connectivity index (χ0) is 12.8. The fourth-order valence-electron chi connectivity index (χ4n) is 1.53. The minimum absolute atomic E-state index is 0.298. The maximum Gasteiger partial charge on any atom is 0.316 e. The van der Waals surface area contributed by atoms with E-state index in [1.807, 2.05) is 11.6 Å². The summed E-state index contributed by atoms with van der Waals surface area (Å²) in [5.41, 5.74) is 0.994. The van der Waals surface area contributed by atoms with Gasteiger partial charge in [0, 0.05) is 31.9 Å². The Kier molecular flexibility index (Phi) is 4.68. The van der Waals surface area contributed by atoms with E-state index >= 15 is 0 Å². The summed E-state index contributed by atoms with van der Waals surface area (Å²) in [7, 11) is 1.87. The predicted molar refractivity (Wildman–Crippen MR) is 61.3 cm³/mol. The van der Waals surface area contributed by atoms with Crippen molar-refractivity contribution in [3.63, 3.8) is 0 Å². The van der Waals surface area contributed by atoms with Crippen molar-refractivity contribution >= 4 is 11.9 Å². The molecule has 1 aromatic heterocycles. The number of carboxylic acid groups (broad SMARTS) is 1. The summed E-state index contributed by atoms with van der Waals surface area (Å²) in [6.45, 7) is 2.10.